The van der Waals surface area contributed by atoms with E-state index in [4.69, 9.17) is 28.6 Å². The zero-order valence-electron chi connectivity index (χ0n) is 20.7. The van der Waals surface area contributed by atoms with Gasteiger partial charge < -0.3 is 15.0 Å². The third kappa shape index (κ3) is 7.08. The first-order chi connectivity index (χ1) is 17.9. The number of thiocarbonyl (C=S) groups is 1. The molecular formula is C29H30ClN3O3S. The van der Waals surface area contributed by atoms with E-state index >= 15 is 0 Å². The summed E-state index contributed by atoms with van der Waals surface area (Å²) in [5, 5.41) is 4.04. The fourth-order valence-corrected chi connectivity index (χ4v) is 4.85. The molecule has 0 spiro atoms. The lowest BCUT2D eigenvalue weighted by Gasteiger charge is -2.24. The van der Waals surface area contributed by atoms with Crippen LogP contribution in [0.25, 0.3) is 0 Å². The van der Waals surface area contributed by atoms with Gasteiger partial charge >= 0.3 is 0 Å². The standard InChI is InChI=1S/C29H30ClN3O3S/c1-2-36-25-14-12-24(13-15-25)31-27(34)20-26-28(35)33(19-17-21-6-4-3-5-7-21)29(37)32(26)18-16-22-8-10-23(30)11-9-22/h3-15,26H,2,16-20H2,1H3,(H,31,34)/t26-/m1/s1. The zero-order chi connectivity index (χ0) is 26.2. The number of benzene rings is 3. The first-order valence-corrected chi connectivity index (χ1v) is 13.2. The fraction of sp³-hybridized carbons (Fsp3) is 0.276. The van der Waals surface area contributed by atoms with Gasteiger partial charge in [-0.2, -0.15) is 0 Å². The monoisotopic (exact) mass is 535 g/mol. The van der Waals surface area contributed by atoms with Crippen LogP contribution in [0.5, 0.6) is 5.75 Å². The number of halogens is 1. The largest absolute Gasteiger partial charge is 0.494 e. The molecule has 1 fully saturated rings. The summed E-state index contributed by atoms with van der Waals surface area (Å²) in [7, 11) is 0. The van der Waals surface area contributed by atoms with Gasteiger partial charge in [-0.3, -0.25) is 14.5 Å². The molecule has 0 aromatic heterocycles. The Labute approximate surface area is 228 Å². The van der Waals surface area contributed by atoms with Crippen LogP contribution in [0.1, 0.15) is 24.5 Å². The van der Waals surface area contributed by atoms with Gasteiger partial charge in [-0.15, -0.1) is 0 Å². The van der Waals surface area contributed by atoms with Crippen LogP contribution in [0.2, 0.25) is 5.02 Å². The molecule has 0 bridgehead atoms. The van der Waals surface area contributed by atoms with Gasteiger partial charge in [-0.1, -0.05) is 54.1 Å². The maximum atomic E-state index is 13.5. The van der Waals surface area contributed by atoms with Gasteiger partial charge in [0.1, 0.15) is 11.8 Å². The van der Waals surface area contributed by atoms with Gasteiger partial charge in [0.15, 0.2) is 5.11 Å². The highest BCUT2D eigenvalue weighted by atomic mass is 35.5. The lowest BCUT2D eigenvalue weighted by atomic mass is 10.1. The minimum atomic E-state index is -0.654. The molecule has 6 nitrogen and oxygen atoms in total. The van der Waals surface area contributed by atoms with Crippen molar-refractivity contribution in [2.75, 3.05) is 25.0 Å². The van der Waals surface area contributed by atoms with Crippen LogP contribution in [-0.2, 0) is 22.4 Å². The highest BCUT2D eigenvalue weighted by Crippen LogP contribution is 2.24. The molecule has 192 valence electrons. The minimum Gasteiger partial charge on any atom is -0.494 e. The Balaban J connectivity index is 1.45. The quantitative estimate of drug-likeness (QED) is 0.335. The third-order valence-electron chi connectivity index (χ3n) is 6.25. The van der Waals surface area contributed by atoms with E-state index in [0.29, 0.717) is 48.4 Å². The molecule has 3 aromatic carbocycles. The second kappa shape index (κ2) is 12.7. The smallest absolute Gasteiger partial charge is 0.252 e. The Morgan fingerprint density at radius 3 is 2.27 bits per heavy atom. The summed E-state index contributed by atoms with van der Waals surface area (Å²) in [6.45, 7) is 3.48. The predicted octanol–water partition coefficient (Wildman–Crippen LogP) is 5.35. The number of hydrogen-bond donors (Lipinski definition) is 1. The number of nitrogens with one attached hydrogen (secondary N) is 1. The molecule has 3 aromatic rings. The molecule has 0 saturated carbocycles. The maximum absolute atomic E-state index is 13.5. The van der Waals surface area contributed by atoms with Gasteiger partial charge in [0.05, 0.1) is 13.0 Å². The van der Waals surface area contributed by atoms with Crippen LogP contribution in [0.4, 0.5) is 5.69 Å². The summed E-state index contributed by atoms with van der Waals surface area (Å²) in [6.07, 6.45) is 1.37. The van der Waals surface area contributed by atoms with Crippen LogP contribution in [0, 0.1) is 0 Å². The van der Waals surface area contributed by atoms with Crippen molar-refractivity contribution in [2.24, 2.45) is 0 Å². The molecule has 1 aliphatic rings. The molecule has 1 aliphatic heterocycles. The Bertz CT molecular complexity index is 1220. The van der Waals surface area contributed by atoms with Crippen molar-refractivity contribution in [2.45, 2.75) is 32.2 Å². The van der Waals surface area contributed by atoms with E-state index in [1.807, 2.05) is 66.4 Å². The number of amides is 2. The molecule has 1 N–H and O–H groups in total. The Hall–Kier alpha value is -3.42. The van der Waals surface area contributed by atoms with Crippen LogP contribution in [0.15, 0.2) is 78.9 Å². The van der Waals surface area contributed by atoms with Gasteiger partial charge in [0.25, 0.3) is 5.91 Å². The fourth-order valence-electron chi connectivity index (χ4n) is 4.33. The van der Waals surface area contributed by atoms with Crippen LogP contribution in [-0.4, -0.2) is 52.5 Å². The van der Waals surface area contributed by atoms with E-state index in [1.54, 1.807) is 29.2 Å². The second-order valence-corrected chi connectivity index (χ2v) is 9.60. The number of hydrogen-bond acceptors (Lipinski definition) is 4. The number of anilines is 1. The summed E-state index contributed by atoms with van der Waals surface area (Å²) < 4.78 is 5.46. The Morgan fingerprint density at radius 1 is 0.946 bits per heavy atom. The van der Waals surface area contributed by atoms with E-state index < -0.39 is 6.04 Å². The lowest BCUT2D eigenvalue weighted by Crippen LogP contribution is -2.39. The van der Waals surface area contributed by atoms with Crippen molar-refractivity contribution in [1.29, 1.82) is 0 Å². The van der Waals surface area contributed by atoms with Gasteiger partial charge in [-0.05, 0) is 79.5 Å². The van der Waals surface area contributed by atoms with Gasteiger partial charge in [0.2, 0.25) is 5.91 Å². The molecule has 1 saturated heterocycles. The molecule has 0 unspecified atom stereocenters. The number of carbonyl (C=O) groups excluding carboxylic acids is 2. The molecule has 8 heteroatoms. The van der Waals surface area contributed by atoms with Gasteiger partial charge in [-0.25, -0.2) is 0 Å². The molecule has 37 heavy (non-hydrogen) atoms. The van der Waals surface area contributed by atoms with Crippen molar-refractivity contribution in [3.8, 4) is 5.75 Å². The first-order valence-electron chi connectivity index (χ1n) is 12.4. The molecule has 1 heterocycles. The second-order valence-electron chi connectivity index (χ2n) is 8.80. The molecule has 0 radical (unpaired) electrons. The maximum Gasteiger partial charge on any atom is 0.252 e. The molecule has 4 rings (SSSR count). The normalized spacial score (nSPS) is 15.2. The Kier molecular flexibility index (Phi) is 9.14. The summed E-state index contributed by atoms with van der Waals surface area (Å²) in [5.74, 6) is 0.352. The van der Waals surface area contributed by atoms with Crippen LogP contribution in [0.3, 0.4) is 0 Å². The van der Waals surface area contributed by atoms with E-state index in [1.165, 1.54) is 0 Å². The molecule has 1 atom stereocenters. The van der Waals surface area contributed by atoms with E-state index in [2.05, 4.69) is 5.32 Å². The average Bonchev–Trinajstić information content (AvgIpc) is 3.12. The van der Waals surface area contributed by atoms with Crippen LogP contribution >= 0.6 is 23.8 Å². The number of ether oxygens (including phenoxy) is 1. The molecule has 0 aliphatic carbocycles. The summed E-state index contributed by atoms with van der Waals surface area (Å²) >= 11 is 11.8. The average molecular weight is 536 g/mol. The highest BCUT2D eigenvalue weighted by Gasteiger charge is 2.42. The van der Waals surface area contributed by atoms with Crippen molar-refractivity contribution in [3.05, 3.63) is 95.0 Å². The molecule has 2 amide bonds. The number of nitrogens with zero attached hydrogens (tertiary/aromatic N) is 2. The van der Waals surface area contributed by atoms with Crippen molar-refractivity contribution < 1.29 is 14.3 Å². The van der Waals surface area contributed by atoms with Gasteiger partial charge in [0, 0.05) is 23.8 Å². The van der Waals surface area contributed by atoms with Crippen molar-refractivity contribution in [1.82, 2.24) is 9.80 Å². The Morgan fingerprint density at radius 2 is 1.59 bits per heavy atom. The SMILES string of the molecule is CCOc1ccc(NC(=O)C[C@@H]2C(=O)N(CCc3ccccc3)C(=S)N2CCc2ccc(Cl)cc2)cc1. The van der Waals surface area contributed by atoms with Crippen LogP contribution < -0.4 is 10.1 Å². The van der Waals surface area contributed by atoms with Crippen molar-refractivity contribution in [3.63, 3.8) is 0 Å². The van der Waals surface area contributed by atoms with Crippen molar-refractivity contribution >= 4 is 46.4 Å². The predicted molar refractivity (Wildman–Crippen MR) is 151 cm³/mol. The third-order valence-corrected chi connectivity index (χ3v) is 6.96. The summed E-state index contributed by atoms with van der Waals surface area (Å²) in [5.41, 5.74) is 2.86. The minimum absolute atomic E-state index is 0.00857. The first kappa shape index (κ1) is 26.6. The summed E-state index contributed by atoms with van der Waals surface area (Å²) in [6, 6.07) is 24.1. The lowest BCUT2D eigenvalue weighted by molar-refractivity contribution is -0.130. The van der Waals surface area contributed by atoms with E-state index in [-0.39, 0.29) is 18.2 Å². The molecular weight excluding hydrogens is 506 g/mol. The van der Waals surface area contributed by atoms with E-state index in [0.717, 1.165) is 16.9 Å². The van der Waals surface area contributed by atoms with E-state index in [9.17, 15) is 9.59 Å². The highest BCUT2D eigenvalue weighted by molar-refractivity contribution is 7.80. The number of rotatable bonds is 11. The number of carbonyl (C=O) groups is 2. The zero-order valence-corrected chi connectivity index (χ0v) is 22.3. The summed E-state index contributed by atoms with van der Waals surface area (Å²) in [4.78, 5) is 30.0. The topological polar surface area (TPSA) is 61.9 Å².